The summed E-state index contributed by atoms with van der Waals surface area (Å²) in [5.41, 5.74) is 0.208. The van der Waals surface area contributed by atoms with Gasteiger partial charge in [-0.2, -0.15) is 0 Å². The van der Waals surface area contributed by atoms with Gasteiger partial charge in [0, 0.05) is 50.2 Å². The molecule has 1 aromatic carbocycles. The number of nitrogens with one attached hydrogen (secondary N) is 1. The van der Waals surface area contributed by atoms with Crippen LogP contribution in [0.4, 0.5) is 4.39 Å². The van der Waals surface area contributed by atoms with E-state index in [1.165, 1.54) is 12.1 Å². The van der Waals surface area contributed by atoms with Gasteiger partial charge in [-0.25, -0.2) is 4.39 Å². The van der Waals surface area contributed by atoms with Crippen molar-refractivity contribution in [2.75, 3.05) is 45.9 Å². The van der Waals surface area contributed by atoms with Crippen molar-refractivity contribution in [3.8, 4) is 0 Å². The third-order valence-corrected chi connectivity index (χ3v) is 4.63. The van der Waals surface area contributed by atoms with Gasteiger partial charge in [-0.05, 0) is 34.1 Å². The average Bonchev–Trinajstić information content (AvgIpc) is 2.57. The lowest BCUT2D eigenvalue weighted by Crippen LogP contribution is -2.49. The molecule has 0 spiro atoms. The fourth-order valence-corrected chi connectivity index (χ4v) is 3.00. The molecule has 0 aliphatic carbocycles. The van der Waals surface area contributed by atoms with Gasteiger partial charge in [-0.3, -0.25) is 14.5 Å². The Labute approximate surface area is 148 Å². The summed E-state index contributed by atoms with van der Waals surface area (Å²) in [6.07, 6.45) is 0.207. The molecule has 1 heterocycles. The fraction of sp³-hybridized carbons (Fsp3) is 0.500. The summed E-state index contributed by atoms with van der Waals surface area (Å²) in [4.78, 5) is 28.0. The Balaban J connectivity index is 1.75. The van der Waals surface area contributed by atoms with Gasteiger partial charge in [0.2, 0.25) is 5.91 Å². The number of carbonyl (C=O) groups is 2. The fourth-order valence-electron chi connectivity index (χ4n) is 2.57. The van der Waals surface area contributed by atoms with Crippen molar-refractivity contribution in [2.24, 2.45) is 0 Å². The number of aliphatic hydroxyl groups excluding tert-OH is 1. The Bertz CT molecular complexity index is 592. The van der Waals surface area contributed by atoms with Crippen LogP contribution in [-0.4, -0.2) is 72.6 Å². The number of nitrogens with zero attached hydrogens (tertiary/aromatic N) is 2. The van der Waals surface area contributed by atoms with E-state index in [0.29, 0.717) is 24.1 Å². The number of carbonyl (C=O) groups excluding carboxylic acids is 2. The number of rotatable bonds is 6. The van der Waals surface area contributed by atoms with Crippen molar-refractivity contribution in [1.82, 2.24) is 15.1 Å². The maximum atomic E-state index is 13.2. The lowest BCUT2D eigenvalue weighted by atomic mass is 10.2. The van der Waals surface area contributed by atoms with Crippen LogP contribution < -0.4 is 5.32 Å². The third-order valence-electron chi connectivity index (χ3n) is 3.94. The molecule has 0 bridgehead atoms. The Morgan fingerprint density at radius 1 is 1.25 bits per heavy atom. The van der Waals surface area contributed by atoms with Crippen molar-refractivity contribution >= 4 is 27.7 Å². The van der Waals surface area contributed by atoms with Crippen LogP contribution in [0.15, 0.2) is 22.7 Å². The molecule has 0 saturated carbocycles. The number of benzene rings is 1. The summed E-state index contributed by atoms with van der Waals surface area (Å²) in [6.45, 7) is 3.70. The zero-order valence-electron chi connectivity index (χ0n) is 13.3. The number of hydrogen-bond acceptors (Lipinski definition) is 4. The van der Waals surface area contributed by atoms with Crippen molar-refractivity contribution < 1.29 is 19.1 Å². The highest BCUT2D eigenvalue weighted by Gasteiger charge is 2.20. The molecule has 1 aliphatic heterocycles. The Morgan fingerprint density at radius 3 is 2.62 bits per heavy atom. The molecule has 1 saturated heterocycles. The molecule has 8 heteroatoms. The van der Waals surface area contributed by atoms with Gasteiger partial charge in [0.15, 0.2) is 0 Å². The minimum Gasteiger partial charge on any atom is -0.395 e. The molecule has 0 unspecified atom stereocenters. The molecular formula is C16H21BrFN3O3. The molecular weight excluding hydrogens is 381 g/mol. The van der Waals surface area contributed by atoms with Crippen LogP contribution in [0.5, 0.6) is 0 Å². The minimum absolute atomic E-state index is 0.0164. The topological polar surface area (TPSA) is 72.9 Å². The predicted octanol–water partition coefficient (Wildman–Crippen LogP) is 0.845. The van der Waals surface area contributed by atoms with E-state index in [0.717, 1.165) is 19.2 Å². The van der Waals surface area contributed by atoms with Crippen molar-refractivity contribution in [3.05, 3.63) is 34.1 Å². The van der Waals surface area contributed by atoms with Gasteiger partial charge in [-0.1, -0.05) is 0 Å². The maximum absolute atomic E-state index is 13.2. The summed E-state index contributed by atoms with van der Waals surface area (Å²) in [5.74, 6) is -0.917. The lowest BCUT2D eigenvalue weighted by molar-refractivity contribution is -0.132. The van der Waals surface area contributed by atoms with Crippen LogP contribution in [0, 0.1) is 5.82 Å². The second-order valence-electron chi connectivity index (χ2n) is 5.58. The van der Waals surface area contributed by atoms with Crippen LogP contribution >= 0.6 is 15.9 Å². The van der Waals surface area contributed by atoms with Gasteiger partial charge in [0.05, 0.1) is 12.2 Å². The summed E-state index contributed by atoms with van der Waals surface area (Å²) in [6, 6.07) is 3.89. The third kappa shape index (κ3) is 5.25. The van der Waals surface area contributed by atoms with Crippen molar-refractivity contribution in [1.29, 1.82) is 0 Å². The molecule has 24 heavy (non-hydrogen) atoms. The Morgan fingerprint density at radius 2 is 1.96 bits per heavy atom. The van der Waals surface area contributed by atoms with Crippen LogP contribution in [0.1, 0.15) is 16.8 Å². The second-order valence-corrected chi connectivity index (χ2v) is 6.43. The van der Waals surface area contributed by atoms with Crippen LogP contribution in [0.2, 0.25) is 0 Å². The van der Waals surface area contributed by atoms with Gasteiger partial charge in [0.25, 0.3) is 5.91 Å². The summed E-state index contributed by atoms with van der Waals surface area (Å²) in [7, 11) is 0. The monoisotopic (exact) mass is 401 g/mol. The SMILES string of the molecule is O=C(NCCC(=O)N1CCN(CCO)CC1)c1cc(F)ccc1Br. The molecule has 2 rings (SSSR count). The van der Waals surface area contributed by atoms with Gasteiger partial charge in [0.1, 0.15) is 5.82 Å². The molecule has 1 fully saturated rings. The smallest absolute Gasteiger partial charge is 0.252 e. The first kappa shape index (κ1) is 18.8. The number of hydrogen-bond donors (Lipinski definition) is 2. The van der Waals surface area contributed by atoms with Crippen LogP contribution in [0.3, 0.4) is 0 Å². The molecule has 1 aromatic rings. The van der Waals surface area contributed by atoms with Crippen molar-refractivity contribution in [3.63, 3.8) is 0 Å². The zero-order valence-corrected chi connectivity index (χ0v) is 14.9. The highest BCUT2D eigenvalue weighted by Crippen LogP contribution is 2.17. The number of amides is 2. The first-order chi connectivity index (χ1) is 11.5. The maximum Gasteiger partial charge on any atom is 0.252 e. The molecule has 2 N–H and O–H groups in total. The van der Waals surface area contributed by atoms with E-state index in [4.69, 9.17) is 5.11 Å². The molecule has 132 valence electrons. The highest BCUT2D eigenvalue weighted by atomic mass is 79.9. The largest absolute Gasteiger partial charge is 0.395 e. The lowest BCUT2D eigenvalue weighted by Gasteiger charge is -2.34. The van der Waals surface area contributed by atoms with Gasteiger partial charge in [-0.15, -0.1) is 0 Å². The minimum atomic E-state index is -0.486. The van der Waals surface area contributed by atoms with Gasteiger partial charge >= 0.3 is 0 Å². The zero-order chi connectivity index (χ0) is 17.5. The van der Waals surface area contributed by atoms with Crippen LogP contribution in [-0.2, 0) is 4.79 Å². The van der Waals surface area contributed by atoms with E-state index in [9.17, 15) is 14.0 Å². The summed E-state index contributed by atoms with van der Waals surface area (Å²) >= 11 is 3.21. The van der Waals surface area contributed by atoms with E-state index < -0.39 is 11.7 Å². The predicted molar refractivity (Wildman–Crippen MR) is 91.2 cm³/mol. The van der Waals surface area contributed by atoms with E-state index >= 15 is 0 Å². The molecule has 1 aliphatic rings. The van der Waals surface area contributed by atoms with Crippen LogP contribution in [0.25, 0.3) is 0 Å². The number of aliphatic hydroxyl groups is 1. The summed E-state index contributed by atoms with van der Waals surface area (Å²) in [5, 5.41) is 11.5. The first-order valence-electron chi connectivity index (χ1n) is 7.85. The molecule has 0 atom stereocenters. The molecule has 0 aromatic heterocycles. The quantitative estimate of drug-likeness (QED) is 0.740. The number of halogens is 2. The second kappa shape index (κ2) is 9.10. The normalized spacial score (nSPS) is 15.4. The Kier molecular flexibility index (Phi) is 7.14. The highest BCUT2D eigenvalue weighted by molar-refractivity contribution is 9.10. The van der Waals surface area contributed by atoms with E-state index in [1.54, 1.807) is 4.90 Å². The first-order valence-corrected chi connectivity index (χ1v) is 8.65. The standard InChI is InChI=1S/C16H21BrFN3O3/c17-14-2-1-12(18)11-13(14)16(24)19-4-3-15(23)21-7-5-20(6-8-21)9-10-22/h1-2,11,22H,3-10H2,(H,19,24). The molecule has 6 nitrogen and oxygen atoms in total. The average molecular weight is 402 g/mol. The van der Waals surface area contributed by atoms with E-state index in [1.807, 2.05) is 0 Å². The van der Waals surface area contributed by atoms with Gasteiger partial charge < -0.3 is 15.3 Å². The van der Waals surface area contributed by atoms with E-state index in [-0.39, 0.29) is 31.0 Å². The Hall–Kier alpha value is -1.51. The number of β-amino-alcohol motifs (C(OH)–C–C–N with tert-alkyl or cyclic N) is 1. The molecule has 0 radical (unpaired) electrons. The number of piperazine rings is 1. The van der Waals surface area contributed by atoms with Crippen molar-refractivity contribution in [2.45, 2.75) is 6.42 Å². The van der Waals surface area contributed by atoms with E-state index in [2.05, 4.69) is 26.1 Å². The molecule has 2 amide bonds. The summed E-state index contributed by atoms with van der Waals surface area (Å²) < 4.78 is 13.7.